The van der Waals surface area contributed by atoms with Gasteiger partial charge in [-0.25, -0.2) is 0 Å². The molecule has 26 heavy (non-hydrogen) atoms. The molecule has 5 heteroatoms. The topological polar surface area (TPSA) is 37.7 Å². The van der Waals surface area contributed by atoms with Crippen molar-refractivity contribution in [3.8, 4) is 0 Å². The first-order valence-corrected chi connectivity index (χ1v) is 13.1. The number of rotatable bonds is 7. The van der Waals surface area contributed by atoms with E-state index in [4.69, 9.17) is 9.42 Å². The van der Waals surface area contributed by atoms with Crippen LogP contribution in [0.1, 0.15) is 60.3 Å². The Balaban J connectivity index is 3.46. The minimum absolute atomic E-state index is 0.000842. The lowest BCUT2D eigenvalue weighted by molar-refractivity contribution is 0.0423. The number of aromatic nitrogens is 1. The maximum atomic E-state index is 6.67. The predicted molar refractivity (Wildman–Crippen MR) is 116 cm³/mol. The number of hydrogen-bond donors (Lipinski definition) is 0. The van der Waals surface area contributed by atoms with Crippen LogP contribution in [0.25, 0.3) is 0 Å². The van der Waals surface area contributed by atoms with Gasteiger partial charge in [0.15, 0.2) is 8.32 Å². The number of pyridine rings is 1. The Bertz CT molecular complexity index is 568. The molecule has 2 atom stereocenters. The summed E-state index contributed by atoms with van der Waals surface area (Å²) in [5, 5.41) is 0. The molecule has 148 valence electrons. The van der Waals surface area contributed by atoms with Gasteiger partial charge in [-0.15, -0.1) is 0 Å². The highest BCUT2D eigenvalue weighted by atomic mass is 28.4. The van der Waals surface area contributed by atoms with Crippen LogP contribution in [-0.2, 0) is 4.43 Å². The fraction of sp³-hybridized carbons (Fsp3) is 0.714. The van der Waals surface area contributed by atoms with Crippen LogP contribution in [0.2, 0.25) is 19.6 Å². The molecule has 1 aromatic rings. The normalized spacial score (nSPS) is 16.3. The molecule has 0 spiro atoms. The van der Waals surface area contributed by atoms with Crippen molar-refractivity contribution in [3.05, 3.63) is 30.1 Å². The minimum Gasteiger partial charge on any atom is -0.407 e. The van der Waals surface area contributed by atoms with Crippen LogP contribution < -0.4 is 0 Å². The van der Waals surface area contributed by atoms with Crippen LogP contribution in [0.15, 0.2) is 29.4 Å². The summed E-state index contributed by atoms with van der Waals surface area (Å²) in [6.45, 7) is 22.9. The zero-order valence-corrected chi connectivity index (χ0v) is 19.5. The third-order valence-electron chi connectivity index (χ3n) is 3.95. The van der Waals surface area contributed by atoms with Gasteiger partial charge in [-0.05, 0) is 79.9 Å². The fourth-order valence-corrected chi connectivity index (χ4v) is 4.01. The Hall–Kier alpha value is -1.04. The number of hydrogen-bond acceptors (Lipinski definition) is 4. The Kier molecular flexibility index (Phi) is 7.75. The van der Waals surface area contributed by atoms with Crippen molar-refractivity contribution in [1.82, 2.24) is 9.88 Å². The van der Waals surface area contributed by atoms with Gasteiger partial charge >= 0.3 is 0 Å². The van der Waals surface area contributed by atoms with Crippen molar-refractivity contribution in [2.75, 3.05) is 6.54 Å². The Morgan fingerprint density at radius 2 is 1.77 bits per heavy atom. The molecule has 0 radical (unpaired) electrons. The van der Waals surface area contributed by atoms with E-state index in [9.17, 15) is 0 Å². The first-order valence-electron chi connectivity index (χ1n) is 9.65. The van der Waals surface area contributed by atoms with Crippen molar-refractivity contribution >= 4 is 14.5 Å². The lowest BCUT2D eigenvalue weighted by Crippen LogP contribution is -2.53. The molecule has 0 aliphatic carbocycles. The summed E-state index contributed by atoms with van der Waals surface area (Å²) in [6, 6.07) is 6.09. The average Bonchev–Trinajstić information content (AvgIpc) is 2.47. The molecule has 0 bridgehead atoms. The summed E-state index contributed by atoms with van der Waals surface area (Å²) in [4.78, 5) is 12.0. The Labute approximate surface area is 162 Å². The zero-order valence-electron chi connectivity index (χ0n) is 18.5. The molecular formula is C21H39N3OSi. The summed E-state index contributed by atoms with van der Waals surface area (Å²) in [7, 11) is -1.79. The first kappa shape index (κ1) is 23.0. The maximum absolute atomic E-state index is 6.67. The quantitative estimate of drug-likeness (QED) is 0.476. The van der Waals surface area contributed by atoms with Crippen molar-refractivity contribution in [1.29, 1.82) is 0 Å². The zero-order chi connectivity index (χ0) is 20.2. The van der Waals surface area contributed by atoms with Crippen LogP contribution in [0.5, 0.6) is 0 Å². The summed E-state index contributed by atoms with van der Waals surface area (Å²) in [5.74, 6) is 0. The van der Waals surface area contributed by atoms with Crippen molar-refractivity contribution in [2.24, 2.45) is 4.99 Å². The van der Waals surface area contributed by atoms with E-state index in [1.807, 2.05) is 18.3 Å². The first-order chi connectivity index (χ1) is 11.7. The second-order valence-corrected chi connectivity index (χ2v) is 14.3. The van der Waals surface area contributed by atoms with E-state index < -0.39 is 8.32 Å². The third-order valence-corrected chi connectivity index (χ3v) is 4.91. The fourth-order valence-electron chi connectivity index (χ4n) is 2.98. The maximum Gasteiger partial charge on any atom is 0.184 e. The molecule has 0 saturated carbocycles. The molecule has 1 rings (SSSR count). The van der Waals surface area contributed by atoms with Crippen molar-refractivity contribution < 1.29 is 4.43 Å². The summed E-state index contributed by atoms with van der Waals surface area (Å²) >= 11 is 0. The third kappa shape index (κ3) is 7.68. The van der Waals surface area contributed by atoms with Crippen LogP contribution in [0.3, 0.4) is 0 Å². The van der Waals surface area contributed by atoms with Gasteiger partial charge in [0.1, 0.15) is 6.10 Å². The van der Waals surface area contributed by atoms with Gasteiger partial charge < -0.3 is 4.43 Å². The lowest BCUT2D eigenvalue weighted by atomic mass is 9.98. The van der Waals surface area contributed by atoms with Gasteiger partial charge in [-0.2, -0.15) is 0 Å². The molecule has 0 fully saturated rings. The molecular weight excluding hydrogens is 338 g/mol. The van der Waals surface area contributed by atoms with Crippen molar-refractivity contribution in [3.63, 3.8) is 0 Å². The lowest BCUT2D eigenvalue weighted by Gasteiger charge is -2.44. The van der Waals surface area contributed by atoms with Gasteiger partial charge in [0.25, 0.3) is 0 Å². The second kappa shape index (κ2) is 8.76. The second-order valence-electron chi connectivity index (χ2n) is 9.80. The van der Waals surface area contributed by atoms with Gasteiger partial charge in [-0.3, -0.25) is 14.9 Å². The monoisotopic (exact) mass is 377 g/mol. The van der Waals surface area contributed by atoms with Crippen LogP contribution in [0, 0.1) is 0 Å². The Morgan fingerprint density at radius 1 is 1.15 bits per heavy atom. The van der Waals surface area contributed by atoms with E-state index in [-0.39, 0.29) is 23.2 Å². The molecule has 0 aliphatic heterocycles. The highest BCUT2D eigenvalue weighted by Gasteiger charge is 2.37. The summed E-state index contributed by atoms with van der Waals surface area (Å²) in [5.41, 5.74) is 0.852. The van der Waals surface area contributed by atoms with Crippen LogP contribution >= 0.6 is 0 Å². The Morgan fingerprint density at radius 3 is 2.15 bits per heavy atom. The van der Waals surface area contributed by atoms with E-state index in [0.717, 1.165) is 12.2 Å². The average molecular weight is 378 g/mol. The molecule has 1 aromatic heterocycles. The SMILES string of the molecule is CCN([C@@H](C=NC(C)(C)C)[C@H](O[Si](C)(C)C)c1ccccn1)C(C)(C)C. The molecule has 0 aromatic carbocycles. The number of aliphatic imine (C=N–C) groups is 1. The molecule has 0 amide bonds. The largest absolute Gasteiger partial charge is 0.407 e. The van der Waals surface area contributed by atoms with E-state index in [1.54, 1.807) is 0 Å². The van der Waals surface area contributed by atoms with Crippen LogP contribution in [-0.4, -0.2) is 48.1 Å². The van der Waals surface area contributed by atoms with Crippen molar-refractivity contribution in [2.45, 2.75) is 91.3 Å². The highest BCUT2D eigenvalue weighted by Crippen LogP contribution is 2.30. The van der Waals surface area contributed by atoms with Gasteiger partial charge in [-0.1, -0.05) is 13.0 Å². The molecule has 0 aliphatic rings. The molecule has 4 nitrogen and oxygen atoms in total. The van der Waals surface area contributed by atoms with E-state index in [1.165, 1.54) is 0 Å². The van der Waals surface area contributed by atoms with Gasteiger partial charge in [0, 0.05) is 18.0 Å². The van der Waals surface area contributed by atoms with Gasteiger partial charge in [0.2, 0.25) is 0 Å². The molecule has 0 saturated heterocycles. The van der Waals surface area contributed by atoms with E-state index in [2.05, 4.69) is 90.3 Å². The van der Waals surface area contributed by atoms with Crippen LogP contribution in [0.4, 0.5) is 0 Å². The van der Waals surface area contributed by atoms with E-state index in [0.29, 0.717) is 0 Å². The highest BCUT2D eigenvalue weighted by molar-refractivity contribution is 6.69. The molecule has 1 heterocycles. The standard InChI is InChI=1S/C21H39N3OSi/c1-11-24(21(5,6)7)18(16-23-20(2,3)4)19(25-26(8,9)10)17-14-12-13-15-22-17/h12-16,18-19H,11H2,1-10H3/t18-,19+/m0/s1. The summed E-state index contributed by atoms with van der Waals surface area (Å²) < 4.78 is 6.67. The number of nitrogens with zero attached hydrogens (tertiary/aromatic N) is 3. The molecule has 0 N–H and O–H groups in total. The summed E-state index contributed by atoms with van der Waals surface area (Å²) in [6.07, 6.45) is 3.81. The van der Waals surface area contributed by atoms with Gasteiger partial charge in [0.05, 0.1) is 17.3 Å². The predicted octanol–water partition coefficient (Wildman–Crippen LogP) is 5.33. The smallest absolute Gasteiger partial charge is 0.184 e. The number of likely N-dealkylation sites (N-methyl/N-ethyl adjacent to an activating group) is 1. The molecule has 0 unspecified atom stereocenters. The minimum atomic E-state index is -1.79. The van der Waals surface area contributed by atoms with E-state index >= 15 is 0 Å².